The van der Waals surface area contributed by atoms with E-state index in [0.29, 0.717) is 21.6 Å². The Kier molecular flexibility index (Phi) is 3.66. The highest BCUT2D eigenvalue weighted by atomic mass is 35.5. The van der Waals surface area contributed by atoms with Crippen molar-refractivity contribution in [3.8, 4) is 5.75 Å². The molecule has 0 saturated heterocycles. The summed E-state index contributed by atoms with van der Waals surface area (Å²) in [5.41, 5.74) is 8.60. The van der Waals surface area contributed by atoms with E-state index in [4.69, 9.17) is 33.8 Å². The van der Waals surface area contributed by atoms with E-state index in [9.17, 15) is 4.79 Å². The molecule has 1 aromatic rings. The SMILES string of the molecule is C/C(N)=N\Oc1cc2c(c(Cl)c1Cl)C1=CC(=O)C3CCCC1(C2)C3. The van der Waals surface area contributed by atoms with Crippen LogP contribution in [0.4, 0.5) is 0 Å². The summed E-state index contributed by atoms with van der Waals surface area (Å²) >= 11 is 12.9. The first-order chi connectivity index (χ1) is 11.4. The number of benzene rings is 1. The van der Waals surface area contributed by atoms with Gasteiger partial charge in [-0.3, -0.25) is 4.79 Å². The van der Waals surface area contributed by atoms with Gasteiger partial charge in [0.2, 0.25) is 0 Å². The third-order valence-corrected chi connectivity index (χ3v) is 6.30. The predicted octanol–water partition coefficient (Wildman–Crippen LogP) is 4.36. The van der Waals surface area contributed by atoms with Gasteiger partial charge in [-0.2, -0.15) is 0 Å². The van der Waals surface area contributed by atoms with E-state index in [0.717, 1.165) is 48.8 Å². The lowest BCUT2D eigenvalue weighted by Crippen LogP contribution is -2.35. The second kappa shape index (κ2) is 5.50. The third kappa shape index (κ3) is 2.27. The second-order valence-corrected chi connectivity index (χ2v) is 7.83. The molecular weight excluding hydrogens is 347 g/mol. The zero-order valence-electron chi connectivity index (χ0n) is 13.4. The summed E-state index contributed by atoms with van der Waals surface area (Å²) < 4.78 is 0. The van der Waals surface area contributed by atoms with Crippen LogP contribution < -0.4 is 10.6 Å². The fourth-order valence-corrected chi connectivity index (χ4v) is 4.99. The molecule has 0 aromatic heterocycles. The quantitative estimate of drug-likeness (QED) is 0.481. The zero-order valence-corrected chi connectivity index (χ0v) is 14.9. The normalized spacial score (nSPS) is 28.3. The maximum absolute atomic E-state index is 12.4. The summed E-state index contributed by atoms with van der Waals surface area (Å²) in [7, 11) is 0. The van der Waals surface area contributed by atoms with E-state index in [2.05, 4.69) is 5.16 Å². The minimum atomic E-state index is 0.0256. The van der Waals surface area contributed by atoms with Gasteiger partial charge in [-0.1, -0.05) is 34.8 Å². The molecule has 3 aliphatic carbocycles. The van der Waals surface area contributed by atoms with Crippen molar-refractivity contribution in [3.05, 3.63) is 33.3 Å². The smallest absolute Gasteiger partial charge is 0.178 e. The Bertz CT molecular complexity index is 812. The van der Waals surface area contributed by atoms with E-state index >= 15 is 0 Å². The van der Waals surface area contributed by atoms with E-state index in [1.54, 1.807) is 6.92 Å². The van der Waals surface area contributed by atoms with Crippen LogP contribution in [0, 0.1) is 11.3 Å². The molecule has 1 spiro atoms. The molecule has 1 saturated carbocycles. The van der Waals surface area contributed by atoms with Gasteiger partial charge < -0.3 is 10.6 Å². The van der Waals surface area contributed by atoms with Gasteiger partial charge in [0.1, 0.15) is 10.9 Å². The lowest BCUT2D eigenvalue weighted by molar-refractivity contribution is -0.120. The molecule has 126 valence electrons. The van der Waals surface area contributed by atoms with Crippen molar-refractivity contribution in [1.29, 1.82) is 0 Å². The second-order valence-electron chi connectivity index (χ2n) is 7.07. The Labute approximate surface area is 150 Å². The topological polar surface area (TPSA) is 64.7 Å². The Hall–Kier alpha value is -1.52. The number of allylic oxidation sites excluding steroid dienone is 2. The third-order valence-electron chi connectivity index (χ3n) is 5.45. The first-order valence-electron chi connectivity index (χ1n) is 8.16. The number of halogens is 2. The highest BCUT2D eigenvalue weighted by Gasteiger charge is 2.50. The molecule has 0 radical (unpaired) electrons. The average Bonchev–Trinajstić information content (AvgIpc) is 2.82. The van der Waals surface area contributed by atoms with Crippen LogP contribution in [0.25, 0.3) is 5.57 Å². The van der Waals surface area contributed by atoms with Gasteiger partial charge in [0.25, 0.3) is 0 Å². The van der Waals surface area contributed by atoms with Crippen LogP contribution in [0.3, 0.4) is 0 Å². The zero-order chi connectivity index (χ0) is 17.1. The molecule has 1 fully saturated rings. The van der Waals surface area contributed by atoms with E-state index in [1.807, 2.05) is 12.1 Å². The standard InChI is InChI=1S/C18H18Cl2N2O2/c1-9(21)22-24-14-5-11-8-18-4-2-3-10(7-18)13(23)6-12(18)15(11)17(20)16(14)19/h5-6,10H,2-4,7-8H2,1H3,(H2,21,22). The van der Waals surface area contributed by atoms with Gasteiger partial charge in [-0.25, -0.2) is 0 Å². The van der Waals surface area contributed by atoms with Crippen LogP contribution in [-0.2, 0) is 11.2 Å². The number of rotatable bonds is 2. The molecule has 6 heteroatoms. The summed E-state index contributed by atoms with van der Waals surface area (Å²) in [4.78, 5) is 17.7. The van der Waals surface area contributed by atoms with Crippen LogP contribution in [0.2, 0.25) is 10.0 Å². The number of oxime groups is 1. The lowest BCUT2D eigenvalue weighted by atomic mass is 9.61. The maximum Gasteiger partial charge on any atom is 0.178 e. The first kappa shape index (κ1) is 16.0. The minimum Gasteiger partial charge on any atom is -0.385 e. The summed E-state index contributed by atoms with van der Waals surface area (Å²) in [5.74, 6) is 1.09. The number of amidine groups is 1. The molecule has 2 bridgehead atoms. The molecular formula is C18H18Cl2N2O2. The Morgan fingerprint density at radius 3 is 2.96 bits per heavy atom. The van der Waals surface area contributed by atoms with Crippen LogP contribution in [0.5, 0.6) is 5.75 Å². The molecule has 0 heterocycles. The number of nitrogens with two attached hydrogens (primary N) is 1. The van der Waals surface area contributed by atoms with Gasteiger partial charge in [-0.05, 0) is 55.9 Å². The van der Waals surface area contributed by atoms with Crippen molar-refractivity contribution < 1.29 is 9.63 Å². The summed E-state index contributed by atoms with van der Waals surface area (Å²) in [6, 6.07) is 1.89. The maximum atomic E-state index is 12.4. The fourth-order valence-electron chi connectivity index (χ4n) is 4.49. The van der Waals surface area contributed by atoms with Gasteiger partial charge in [0.15, 0.2) is 11.5 Å². The van der Waals surface area contributed by atoms with Gasteiger partial charge in [0.05, 0.1) is 5.02 Å². The molecule has 0 amide bonds. The molecule has 2 atom stereocenters. The van der Waals surface area contributed by atoms with Crippen LogP contribution in [0.15, 0.2) is 17.3 Å². The van der Waals surface area contributed by atoms with Gasteiger partial charge >= 0.3 is 0 Å². The highest BCUT2D eigenvalue weighted by molar-refractivity contribution is 6.44. The lowest BCUT2D eigenvalue weighted by Gasteiger charge is -2.42. The number of carbonyl (C=O) groups excluding carboxylic acids is 1. The molecule has 0 aliphatic heterocycles. The number of nitrogens with zero attached hydrogens (tertiary/aromatic N) is 1. The van der Waals surface area contributed by atoms with Crippen molar-refractivity contribution in [2.75, 3.05) is 0 Å². The molecule has 2 unspecified atom stereocenters. The number of carbonyl (C=O) groups is 1. The van der Waals surface area contributed by atoms with Crippen LogP contribution in [0.1, 0.15) is 43.7 Å². The number of hydrogen-bond acceptors (Lipinski definition) is 3. The molecule has 4 nitrogen and oxygen atoms in total. The summed E-state index contributed by atoms with van der Waals surface area (Å²) in [6.45, 7) is 1.63. The molecule has 2 N–H and O–H groups in total. The Morgan fingerprint density at radius 2 is 2.21 bits per heavy atom. The van der Waals surface area contributed by atoms with Crippen molar-refractivity contribution in [3.63, 3.8) is 0 Å². The van der Waals surface area contributed by atoms with Gasteiger partial charge in [-0.15, -0.1) is 0 Å². The van der Waals surface area contributed by atoms with E-state index in [1.165, 1.54) is 0 Å². The molecule has 4 rings (SSSR count). The monoisotopic (exact) mass is 364 g/mol. The highest BCUT2D eigenvalue weighted by Crippen LogP contribution is 2.61. The largest absolute Gasteiger partial charge is 0.385 e. The average molecular weight is 365 g/mol. The Morgan fingerprint density at radius 1 is 1.42 bits per heavy atom. The fraction of sp³-hybridized carbons (Fsp3) is 0.444. The van der Waals surface area contributed by atoms with E-state index < -0.39 is 0 Å². The number of ketones is 1. The van der Waals surface area contributed by atoms with Crippen molar-refractivity contribution in [1.82, 2.24) is 0 Å². The van der Waals surface area contributed by atoms with Crippen LogP contribution in [-0.4, -0.2) is 11.6 Å². The molecule has 3 aliphatic rings. The molecule has 1 aromatic carbocycles. The summed E-state index contributed by atoms with van der Waals surface area (Å²) in [6.07, 6.45) is 6.75. The minimum absolute atomic E-state index is 0.0256. The van der Waals surface area contributed by atoms with Crippen LogP contribution >= 0.6 is 23.2 Å². The summed E-state index contributed by atoms with van der Waals surface area (Å²) in [5, 5.41) is 4.52. The van der Waals surface area contributed by atoms with Gasteiger partial charge in [0, 0.05) is 16.9 Å². The predicted molar refractivity (Wildman–Crippen MR) is 95.5 cm³/mol. The van der Waals surface area contributed by atoms with Crippen molar-refractivity contribution in [2.45, 2.75) is 39.0 Å². The van der Waals surface area contributed by atoms with E-state index in [-0.39, 0.29) is 17.1 Å². The first-order valence-corrected chi connectivity index (χ1v) is 8.91. The molecule has 24 heavy (non-hydrogen) atoms. The Balaban J connectivity index is 1.84. The van der Waals surface area contributed by atoms with Crippen molar-refractivity contribution >= 4 is 40.4 Å². The number of hydrogen-bond donors (Lipinski definition) is 1. The number of fused-ring (bicyclic) bond motifs is 3. The van der Waals surface area contributed by atoms with Crippen molar-refractivity contribution in [2.24, 2.45) is 22.2 Å².